The summed E-state index contributed by atoms with van der Waals surface area (Å²) in [5.41, 5.74) is 1.08. The van der Waals surface area contributed by atoms with Crippen LogP contribution in [-0.4, -0.2) is 43.1 Å². The highest BCUT2D eigenvalue weighted by molar-refractivity contribution is 6.30. The highest BCUT2D eigenvalue weighted by atomic mass is 16.5. The highest BCUT2D eigenvalue weighted by Gasteiger charge is 2.35. The van der Waals surface area contributed by atoms with Crippen molar-refractivity contribution in [3.8, 4) is 29.6 Å². The third kappa shape index (κ3) is 5.71. The Morgan fingerprint density at radius 1 is 1.06 bits per heavy atom. The average Bonchev–Trinajstić information content (AvgIpc) is 2.82. The van der Waals surface area contributed by atoms with Crippen molar-refractivity contribution in [3.05, 3.63) is 59.2 Å². The van der Waals surface area contributed by atoms with Gasteiger partial charge in [-0.05, 0) is 47.9 Å². The zero-order valence-electron chi connectivity index (χ0n) is 18.4. The molecule has 0 aliphatic carbocycles. The lowest BCUT2D eigenvalue weighted by molar-refractivity contribution is -0.130. The number of amides is 4. The Kier molecular flexibility index (Phi) is 7.71. The molecule has 0 spiro atoms. The monoisotopic (exact) mass is 448 g/mol. The smallest absolute Gasteiger partial charge is 0.331 e. The van der Waals surface area contributed by atoms with Gasteiger partial charge >= 0.3 is 6.03 Å². The summed E-state index contributed by atoms with van der Waals surface area (Å²) in [4.78, 5) is 38.7. The molecule has 3 rings (SSSR count). The van der Waals surface area contributed by atoms with Crippen molar-refractivity contribution >= 4 is 23.9 Å². The molecule has 0 saturated carbocycles. The quantitative estimate of drug-likeness (QED) is 0.360. The number of methoxy groups -OCH3 is 1. The number of hydrogen-bond acceptors (Lipinski definition) is 6. The fourth-order valence-corrected chi connectivity index (χ4v) is 3.11. The molecule has 1 N–H and O–H groups in total. The number of nitrogens with one attached hydrogen (secondary N) is 1. The molecular formula is C25H24N2O6. The molecule has 170 valence electrons. The number of imide groups is 2. The zero-order valence-corrected chi connectivity index (χ0v) is 18.4. The maximum absolute atomic E-state index is 13.0. The van der Waals surface area contributed by atoms with Gasteiger partial charge in [0.25, 0.3) is 11.8 Å². The van der Waals surface area contributed by atoms with Crippen LogP contribution in [0.2, 0.25) is 0 Å². The second-order valence-corrected chi connectivity index (χ2v) is 7.10. The fraction of sp³-hybridized carbons (Fsp3) is 0.240. The van der Waals surface area contributed by atoms with E-state index in [1.54, 1.807) is 42.5 Å². The maximum Gasteiger partial charge on any atom is 0.331 e. The summed E-state index contributed by atoms with van der Waals surface area (Å²) in [5, 5.41) is 2.21. The van der Waals surface area contributed by atoms with E-state index in [9.17, 15) is 14.4 Å². The Balaban J connectivity index is 1.80. The molecule has 0 bridgehead atoms. The van der Waals surface area contributed by atoms with Gasteiger partial charge in [0.05, 0.1) is 20.3 Å². The Hall–Kier alpha value is -4.25. The summed E-state index contributed by atoms with van der Waals surface area (Å²) >= 11 is 0. The van der Waals surface area contributed by atoms with Crippen LogP contribution in [0.25, 0.3) is 6.08 Å². The van der Waals surface area contributed by atoms with Gasteiger partial charge in [0, 0.05) is 0 Å². The third-order valence-electron chi connectivity index (χ3n) is 4.73. The lowest BCUT2D eigenvalue weighted by Gasteiger charge is -2.26. The second-order valence-electron chi connectivity index (χ2n) is 7.10. The third-order valence-corrected chi connectivity index (χ3v) is 4.73. The number of nitrogens with zero attached hydrogens (tertiary/aromatic N) is 1. The summed E-state index contributed by atoms with van der Waals surface area (Å²) in [6, 6.07) is 11.1. The van der Waals surface area contributed by atoms with Gasteiger partial charge < -0.3 is 14.2 Å². The number of urea groups is 1. The maximum atomic E-state index is 13.0. The molecule has 8 nitrogen and oxygen atoms in total. The molecule has 0 radical (unpaired) electrons. The predicted octanol–water partition coefficient (Wildman–Crippen LogP) is 3.16. The number of carbonyl (C=O) groups excluding carboxylic acids is 3. The largest absolute Gasteiger partial charge is 0.493 e. The average molecular weight is 448 g/mol. The van der Waals surface area contributed by atoms with Crippen LogP contribution in [0.15, 0.2) is 48.0 Å². The number of terminal acetylenes is 1. The van der Waals surface area contributed by atoms with Crippen LogP contribution in [0.5, 0.6) is 17.2 Å². The number of hydrogen-bond donors (Lipinski definition) is 1. The second kappa shape index (κ2) is 10.9. The summed E-state index contributed by atoms with van der Waals surface area (Å²) in [6.07, 6.45) is 7.44. The number of carbonyl (C=O) groups is 3. The molecule has 1 fully saturated rings. The van der Waals surface area contributed by atoms with E-state index < -0.39 is 17.8 Å². The van der Waals surface area contributed by atoms with E-state index in [1.807, 2.05) is 6.92 Å². The lowest BCUT2D eigenvalue weighted by atomic mass is 10.1. The number of barbiturate groups is 1. The van der Waals surface area contributed by atoms with E-state index in [0.29, 0.717) is 35.0 Å². The van der Waals surface area contributed by atoms with Gasteiger partial charge in [-0.15, -0.1) is 6.42 Å². The van der Waals surface area contributed by atoms with Gasteiger partial charge in [-0.2, -0.15) is 0 Å². The first-order chi connectivity index (χ1) is 16.0. The number of ether oxygens (including phenoxy) is 3. The molecule has 0 aromatic heterocycles. The standard InChI is InChI=1S/C25H24N2O6/c1-4-12-32-19-9-6-17(7-10-19)14-20-23(28)26-25(30)27(24(20)29)16-18-8-11-21(33-13-5-2)22(15-18)31-3/h1,6-11,14-15H,5,12-13,16H2,2-3H3,(H,26,28,30)/b20-14+. The fourth-order valence-electron chi connectivity index (χ4n) is 3.11. The minimum atomic E-state index is -0.787. The van der Waals surface area contributed by atoms with E-state index in [0.717, 1.165) is 11.3 Å². The van der Waals surface area contributed by atoms with Gasteiger partial charge in [-0.3, -0.25) is 19.8 Å². The zero-order chi connectivity index (χ0) is 23.8. The summed E-state index contributed by atoms with van der Waals surface area (Å²) in [7, 11) is 1.51. The molecule has 0 atom stereocenters. The van der Waals surface area contributed by atoms with Crippen LogP contribution in [0.1, 0.15) is 24.5 Å². The number of rotatable bonds is 9. The van der Waals surface area contributed by atoms with E-state index in [4.69, 9.17) is 20.6 Å². The van der Waals surface area contributed by atoms with Crippen molar-refractivity contribution in [1.29, 1.82) is 0 Å². The van der Waals surface area contributed by atoms with Crippen LogP contribution in [0.3, 0.4) is 0 Å². The van der Waals surface area contributed by atoms with Gasteiger partial charge in [-0.25, -0.2) is 4.79 Å². The lowest BCUT2D eigenvalue weighted by Crippen LogP contribution is -2.53. The van der Waals surface area contributed by atoms with Crippen LogP contribution in [-0.2, 0) is 16.1 Å². The molecule has 8 heteroatoms. The van der Waals surface area contributed by atoms with Crippen molar-refractivity contribution in [2.24, 2.45) is 0 Å². The SMILES string of the molecule is C#CCOc1ccc(/C=C2\C(=O)NC(=O)N(Cc3ccc(OCCC)c(OC)c3)C2=O)cc1. The predicted molar refractivity (Wildman–Crippen MR) is 122 cm³/mol. The van der Waals surface area contributed by atoms with Gasteiger partial charge in [0.15, 0.2) is 11.5 Å². The topological polar surface area (TPSA) is 94.2 Å². The van der Waals surface area contributed by atoms with E-state index in [1.165, 1.54) is 13.2 Å². The first kappa shape index (κ1) is 23.4. The van der Waals surface area contributed by atoms with Crippen LogP contribution < -0.4 is 19.5 Å². The molecule has 1 aliphatic rings. The molecule has 2 aromatic carbocycles. The van der Waals surface area contributed by atoms with Crippen molar-refractivity contribution in [1.82, 2.24) is 10.2 Å². The highest BCUT2D eigenvalue weighted by Crippen LogP contribution is 2.29. The Morgan fingerprint density at radius 3 is 2.48 bits per heavy atom. The van der Waals surface area contributed by atoms with Crippen molar-refractivity contribution in [2.45, 2.75) is 19.9 Å². The van der Waals surface area contributed by atoms with Crippen molar-refractivity contribution in [2.75, 3.05) is 20.3 Å². The van der Waals surface area contributed by atoms with Crippen molar-refractivity contribution < 1.29 is 28.6 Å². The normalized spacial score (nSPS) is 14.6. The minimum absolute atomic E-state index is 0.0431. The van der Waals surface area contributed by atoms with Crippen LogP contribution in [0.4, 0.5) is 4.79 Å². The molecule has 4 amide bonds. The molecular weight excluding hydrogens is 424 g/mol. The molecule has 33 heavy (non-hydrogen) atoms. The first-order valence-electron chi connectivity index (χ1n) is 10.3. The van der Waals surface area contributed by atoms with Gasteiger partial charge in [0.2, 0.25) is 0 Å². The summed E-state index contributed by atoms with van der Waals surface area (Å²) in [5.74, 6) is 2.55. The summed E-state index contributed by atoms with van der Waals surface area (Å²) in [6.45, 7) is 2.62. The van der Waals surface area contributed by atoms with Gasteiger partial charge in [0.1, 0.15) is 17.9 Å². The van der Waals surface area contributed by atoms with Crippen LogP contribution >= 0.6 is 0 Å². The Morgan fingerprint density at radius 2 is 1.82 bits per heavy atom. The van der Waals surface area contributed by atoms with Crippen LogP contribution in [0, 0.1) is 12.3 Å². The molecule has 1 heterocycles. The minimum Gasteiger partial charge on any atom is -0.493 e. The molecule has 0 unspecified atom stereocenters. The van der Waals surface area contributed by atoms with Gasteiger partial charge in [-0.1, -0.05) is 31.0 Å². The van der Waals surface area contributed by atoms with E-state index in [-0.39, 0.29) is 18.7 Å². The molecule has 1 saturated heterocycles. The Bertz CT molecular complexity index is 1110. The van der Waals surface area contributed by atoms with E-state index in [2.05, 4.69) is 11.2 Å². The Labute approximate surface area is 192 Å². The first-order valence-corrected chi connectivity index (χ1v) is 10.3. The summed E-state index contributed by atoms with van der Waals surface area (Å²) < 4.78 is 16.3. The van der Waals surface area contributed by atoms with Crippen molar-refractivity contribution in [3.63, 3.8) is 0 Å². The molecule has 2 aromatic rings. The van der Waals surface area contributed by atoms with E-state index >= 15 is 0 Å². The molecule has 1 aliphatic heterocycles. The number of benzene rings is 2.